The monoisotopic (exact) mass is 420 g/mol. The van der Waals surface area contributed by atoms with E-state index in [0.717, 1.165) is 42.4 Å². The second-order valence-corrected chi connectivity index (χ2v) is 7.92. The highest BCUT2D eigenvalue weighted by Crippen LogP contribution is 2.29. The Balaban J connectivity index is 1.36. The number of carbonyl (C=O) groups excluding carboxylic acids is 1. The van der Waals surface area contributed by atoms with Gasteiger partial charge in [0, 0.05) is 42.3 Å². The van der Waals surface area contributed by atoms with E-state index in [0.29, 0.717) is 19.3 Å². The van der Waals surface area contributed by atoms with Crippen molar-refractivity contribution in [3.8, 4) is 5.88 Å². The van der Waals surface area contributed by atoms with Crippen molar-refractivity contribution in [3.63, 3.8) is 0 Å². The minimum absolute atomic E-state index is 0.211. The lowest BCUT2D eigenvalue weighted by molar-refractivity contribution is 0.00213. The van der Waals surface area contributed by atoms with Crippen LogP contribution in [0.2, 0.25) is 0 Å². The van der Waals surface area contributed by atoms with Crippen LogP contribution in [0.5, 0.6) is 5.88 Å². The molecular weight excluding hydrogens is 392 g/mol. The highest BCUT2D eigenvalue weighted by molar-refractivity contribution is 5.97. The zero-order valence-electron chi connectivity index (χ0n) is 17.7. The smallest absolute Gasteiger partial charge is 0.391 e. The van der Waals surface area contributed by atoms with Gasteiger partial charge in [-0.1, -0.05) is 30.3 Å². The first-order valence-corrected chi connectivity index (χ1v) is 10.6. The standard InChI is InChI=1S/C24H28N4O3/c1-28-13-10-19(11-14-28)30-16-18-7-5-17(6-8-18)15-27-22-4-2-3-21-20(22)9-12-26-23(21)31-24(25)29/h2-9,12,19,27H,10-11,13-16H2,1H3,(H2,25,29). The van der Waals surface area contributed by atoms with Crippen molar-refractivity contribution < 1.29 is 14.3 Å². The van der Waals surface area contributed by atoms with Crippen LogP contribution in [0, 0.1) is 0 Å². The predicted octanol–water partition coefficient (Wildman–Crippen LogP) is 3.92. The average molecular weight is 421 g/mol. The third-order valence-electron chi connectivity index (χ3n) is 5.62. The van der Waals surface area contributed by atoms with E-state index in [1.54, 1.807) is 6.20 Å². The number of hydrogen-bond donors (Lipinski definition) is 2. The zero-order chi connectivity index (χ0) is 21.6. The molecule has 0 bridgehead atoms. The second kappa shape index (κ2) is 9.76. The lowest BCUT2D eigenvalue weighted by atomic mass is 10.1. The molecule has 0 aliphatic carbocycles. The number of anilines is 1. The summed E-state index contributed by atoms with van der Waals surface area (Å²) in [5.41, 5.74) is 8.43. The number of piperidine rings is 1. The maximum atomic E-state index is 11.1. The number of primary amides is 1. The molecule has 2 heterocycles. The van der Waals surface area contributed by atoms with Crippen molar-refractivity contribution in [3.05, 3.63) is 65.9 Å². The van der Waals surface area contributed by atoms with E-state index >= 15 is 0 Å². The summed E-state index contributed by atoms with van der Waals surface area (Å²) < 4.78 is 11.1. The maximum Gasteiger partial charge on any atom is 0.411 e. The highest BCUT2D eigenvalue weighted by atomic mass is 16.6. The lowest BCUT2D eigenvalue weighted by Crippen LogP contribution is -2.34. The molecule has 1 aliphatic rings. The van der Waals surface area contributed by atoms with Gasteiger partial charge in [0.1, 0.15) is 0 Å². The molecule has 4 rings (SSSR count). The summed E-state index contributed by atoms with van der Waals surface area (Å²) in [6.45, 7) is 3.54. The van der Waals surface area contributed by atoms with Gasteiger partial charge < -0.3 is 25.4 Å². The van der Waals surface area contributed by atoms with E-state index in [4.69, 9.17) is 15.2 Å². The number of benzene rings is 2. The number of hydrogen-bond acceptors (Lipinski definition) is 6. The minimum Gasteiger partial charge on any atom is -0.391 e. The SMILES string of the molecule is CN1CCC(OCc2ccc(CNc3cccc4c(OC(N)=O)nccc34)cc2)CC1. The maximum absolute atomic E-state index is 11.1. The Morgan fingerprint density at radius 3 is 2.58 bits per heavy atom. The van der Waals surface area contributed by atoms with Gasteiger partial charge in [-0.05, 0) is 49.2 Å². The van der Waals surface area contributed by atoms with E-state index in [1.807, 2.05) is 24.3 Å². The number of rotatable bonds is 7. The fraction of sp³-hybridized carbons (Fsp3) is 0.333. The van der Waals surface area contributed by atoms with Gasteiger partial charge in [0.25, 0.3) is 0 Å². The minimum atomic E-state index is -0.877. The first kappa shape index (κ1) is 21.1. The number of aromatic nitrogens is 1. The molecule has 7 nitrogen and oxygen atoms in total. The van der Waals surface area contributed by atoms with Gasteiger partial charge in [-0.3, -0.25) is 0 Å². The average Bonchev–Trinajstić information content (AvgIpc) is 2.78. The molecule has 2 aromatic carbocycles. The number of fused-ring (bicyclic) bond motifs is 1. The largest absolute Gasteiger partial charge is 0.411 e. The summed E-state index contributed by atoms with van der Waals surface area (Å²) in [5, 5.41) is 5.10. The molecule has 1 saturated heterocycles. The Kier molecular flexibility index (Phi) is 6.64. The molecule has 3 N–H and O–H groups in total. The summed E-state index contributed by atoms with van der Waals surface area (Å²) >= 11 is 0. The van der Waals surface area contributed by atoms with E-state index in [9.17, 15) is 4.79 Å². The second-order valence-electron chi connectivity index (χ2n) is 7.92. The number of likely N-dealkylation sites (tertiary alicyclic amines) is 1. The van der Waals surface area contributed by atoms with E-state index in [-0.39, 0.29) is 5.88 Å². The number of ether oxygens (including phenoxy) is 2. The molecule has 0 atom stereocenters. The van der Waals surface area contributed by atoms with Crippen molar-refractivity contribution >= 4 is 22.6 Å². The molecule has 7 heteroatoms. The van der Waals surface area contributed by atoms with Gasteiger partial charge in [-0.15, -0.1) is 0 Å². The molecule has 31 heavy (non-hydrogen) atoms. The number of pyridine rings is 1. The van der Waals surface area contributed by atoms with Gasteiger partial charge in [-0.25, -0.2) is 9.78 Å². The molecule has 0 saturated carbocycles. The van der Waals surface area contributed by atoms with Gasteiger partial charge in [0.15, 0.2) is 0 Å². The van der Waals surface area contributed by atoms with E-state index < -0.39 is 6.09 Å². The highest BCUT2D eigenvalue weighted by Gasteiger charge is 2.16. The Morgan fingerprint density at radius 1 is 1.10 bits per heavy atom. The van der Waals surface area contributed by atoms with Crippen LogP contribution in [0.15, 0.2) is 54.7 Å². The number of amides is 1. The third kappa shape index (κ3) is 5.51. The van der Waals surface area contributed by atoms with Gasteiger partial charge >= 0.3 is 6.09 Å². The van der Waals surface area contributed by atoms with E-state index in [2.05, 4.69) is 46.5 Å². The van der Waals surface area contributed by atoms with Crippen molar-refractivity contribution in [2.24, 2.45) is 5.73 Å². The van der Waals surface area contributed by atoms with Crippen LogP contribution in [-0.4, -0.2) is 42.2 Å². The van der Waals surface area contributed by atoms with Crippen LogP contribution < -0.4 is 15.8 Å². The van der Waals surface area contributed by atoms with Crippen molar-refractivity contribution in [1.29, 1.82) is 0 Å². The number of nitrogens with zero attached hydrogens (tertiary/aromatic N) is 2. The van der Waals surface area contributed by atoms with Crippen LogP contribution >= 0.6 is 0 Å². The molecule has 0 unspecified atom stereocenters. The van der Waals surface area contributed by atoms with Crippen molar-refractivity contribution in [1.82, 2.24) is 9.88 Å². The van der Waals surface area contributed by atoms with Gasteiger partial charge in [0.05, 0.1) is 12.7 Å². The van der Waals surface area contributed by atoms with Crippen LogP contribution in [0.3, 0.4) is 0 Å². The Bertz CT molecular complexity index is 1030. The summed E-state index contributed by atoms with van der Waals surface area (Å²) in [6.07, 6.45) is 3.29. The molecule has 1 amide bonds. The molecule has 3 aromatic rings. The number of nitrogens with one attached hydrogen (secondary N) is 1. The number of carbonyl (C=O) groups is 1. The van der Waals surface area contributed by atoms with Crippen LogP contribution in [-0.2, 0) is 17.9 Å². The first-order chi connectivity index (χ1) is 15.1. The summed E-state index contributed by atoms with van der Waals surface area (Å²) in [5.74, 6) is 0.211. The quantitative estimate of drug-likeness (QED) is 0.602. The van der Waals surface area contributed by atoms with Crippen LogP contribution in [0.1, 0.15) is 24.0 Å². The molecule has 1 fully saturated rings. The Hall–Kier alpha value is -3.16. The first-order valence-electron chi connectivity index (χ1n) is 10.6. The van der Waals surface area contributed by atoms with Crippen molar-refractivity contribution in [2.45, 2.75) is 32.1 Å². The Labute approximate surface area is 182 Å². The summed E-state index contributed by atoms with van der Waals surface area (Å²) in [4.78, 5) is 17.6. The summed E-state index contributed by atoms with van der Waals surface area (Å²) in [6, 6.07) is 16.1. The van der Waals surface area contributed by atoms with Gasteiger partial charge in [0.2, 0.25) is 5.88 Å². The summed E-state index contributed by atoms with van der Waals surface area (Å²) in [7, 11) is 2.16. The third-order valence-corrected chi connectivity index (χ3v) is 5.62. The van der Waals surface area contributed by atoms with E-state index in [1.165, 1.54) is 11.1 Å². The topological polar surface area (TPSA) is 89.7 Å². The van der Waals surface area contributed by atoms with Crippen LogP contribution in [0.25, 0.3) is 10.8 Å². The van der Waals surface area contributed by atoms with Crippen molar-refractivity contribution in [2.75, 3.05) is 25.5 Å². The lowest BCUT2D eigenvalue weighted by Gasteiger charge is -2.28. The molecule has 162 valence electrons. The fourth-order valence-electron chi connectivity index (χ4n) is 3.83. The van der Waals surface area contributed by atoms with Crippen LogP contribution in [0.4, 0.5) is 10.5 Å². The van der Waals surface area contributed by atoms with Gasteiger partial charge in [-0.2, -0.15) is 0 Å². The fourth-order valence-corrected chi connectivity index (χ4v) is 3.83. The molecule has 1 aromatic heterocycles. The molecule has 1 aliphatic heterocycles. The molecular formula is C24H28N4O3. The predicted molar refractivity (Wildman–Crippen MR) is 121 cm³/mol. The number of nitrogens with two attached hydrogens (primary N) is 1. The Morgan fingerprint density at radius 2 is 1.84 bits per heavy atom. The normalized spacial score (nSPS) is 15.1. The zero-order valence-corrected chi connectivity index (χ0v) is 17.7. The molecule has 0 radical (unpaired) electrons. The molecule has 0 spiro atoms.